The number of carboxylic acids is 1. The van der Waals surface area contributed by atoms with Crippen LogP contribution in [0.1, 0.15) is 13.3 Å². The highest BCUT2D eigenvalue weighted by Gasteiger charge is 2.20. The van der Waals surface area contributed by atoms with E-state index in [0.717, 1.165) is 4.90 Å². The van der Waals surface area contributed by atoms with Gasteiger partial charge in [0.1, 0.15) is 0 Å². The van der Waals surface area contributed by atoms with Crippen molar-refractivity contribution in [2.75, 3.05) is 26.8 Å². The van der Waals surface area contributed by atoms with Crippen molar-refractivity contribution in [3.8, 4) is 0 Å². The van der Waals surface area contributed by atoms with Crippen molar-refractivity contribution in [3.05, 3.63) is 0 Å². The molecule has 0 rings (SSSR count). The fourth-order valence-electron chi connectivity index (χ4n) is 1.04. The van der Waals surface area contributed by atoms with Gasteiger partial charge in [0.2, 0.25) is 0 Å². The Labute approximate surface area is 105 Å². The van der Waals surface area contributed by atoms with Gasteiger partial charge in [-0.05, 0) is 6.92 Å². The van der Waals surface area contributed by atoms with Crippen LogP contribution in [0.2, 0.25) is 0 Å². The number of rotatable bonds is 7. The molecule has 8 heteroatoms. The van der Waals surface area contributed by atoms with Crippen LogP contribution in [0.25, 0.3) is 0 Å². The topological polar surface area (TPSA) is 116 Å². The first-order chi connectivity index (χ1) is 8.42. The molecule has 0 aromatic rings. The second-order valence-corrected chi connectivity index (χ2v) is 3.50. The predicted octanol–water partition coefficient (Wildman–Crippen LogP) is -0.973. The van der Waals surface area contributed by atoms with Gasteiger partial charge in [-0.2, -0.15) is 0 Å². The minimum absolute atomic E-state index is 0.0224. The van der Waals surface area contributed by atoms with E-state index in [4.69, 9.17) is 10.2 Å². The van der Waals surface area contributed by atoms with Crippen LogP contribution in [0.5, 0.6) is 0 Å². The number of aliphatic hydroxyl groups is 1. The van der Waals surface area contributed by atoms with Crippen molar-refractivity contribution in [2.45, 2.75) is 19.4 Å². The molecule has 8 nitrogen and oxygen atoms in total. The number of nitrogens with one attached hydrogen (secondary N) is 1. The number of aliphatic carboxylic acids is 1. The molecule has 0 fully saturated rings. The normalized spacial score (nSPS) is 11.5. The number of carbonyl (C=O) groups is 3. The molecule has 1 atom stereocenters. The van der Waals surface area contributed by atoms with Crippen molar-refractivity contribution in [1.82, 2.24) is 10.2 Å². The summed E-state index contributed by atoms with van der Waals surface area (Å²) in [5, 5.41) is 19.5. The first kappa shape index (κ1) is 16.2. The van der Waals surface area contributed by atoms with Gasteiger partial charge >= 0.3 is 18.0 Å². The van der Waals surface area contributed by atoms with E-state index in [1.807, 2.05) is 0 Å². The number of amides is 2. The summed E-state index contributed by atoms with van der Waals surface area (Å²) < 4.78 is 4.68. The number of carbonyl (C=O) groups excluding carboxylic acids is 2. The van der Waals surface area contributed by atoms with E-state index in [-0.39, 0.29) is 19.6 Å². The standard InChI is InChI=1S/C10H18N2O6/c1-3-18-8(14)4-5-12(2)10(17)11-7(6-13)9(15)16/h7,13H,3-6H2,1-2H3,(H,11,17)(H,15,16)/t7-/m0/s1. The summed E-state index contributed by atoms with van der Waals surface area (Å²) in [6.45, 7) is 1.34. The molecular formula is C10H18N2O6. The minimum atomic E-state index is -1.36. The van der Waals surface area contributed by atoms with Crippen LogP contribution in [0.15, 0.2) is 0 Å². The van der Waals surface area contributed by atoms with E-state index < -0.39 is 30.6 Å². The van der Waals surface area contributed by atoms with Crippen LogP contribution in [0.4, 0.5) is 4.79 Å². The van der Waals surface area contributed by atoms with Gasteiger partial charge < -0.3 is 25.2 Å². The van der Waals surface area contributed by atoms with Crippen molar-refractivity contribution in [2.24, 2.45) is 0 Å². The van der Waals surface area contributed by atoms with Crippen LogP contribution < -0.4 is 5.32 Å². The molecule has 0 aliphatic rings. The molecule has 0 unspecified atom stereocenters. The zero-order valence-corrected chi connectivity index (χ0v) is 10.4. The number of hydrogen-bond donors (Lipinski definition) is 3. The Bertz CT molecular complexity index is 307. The van der Waals surface area contributed by atoms with Crippen LogP contribution in [-0.2, 0) is 14.3 Å². The number of ether oxygens (including phenoxy) is 1. The second kappa shape index (κ2) is 8.29. The van der Waals surface area contributed by atoms with Gasteiger partial charge in [0.25, 0.3) is 0 Å². The molecule has 104 valence electrons. The second-order valence-electron chi connectivity index (χ2n) is 3.50. The predicted molar refractivity (Wildman–Crippen MR) is 60.9 cm³/mol. The van der Waals surface area contributed by atoms with Gasteiger partial charge in [-0.3, -0.25) is 4.79 Å². The molecule has 0 aliphatic carbocycles. The summed E-state index contributed by atoms with van der Waals surface area (Å²) in [4.78, 5) is 34.2. The van der Waals surface area contributed by atoms with Crippen molar-refractivity contribution < 1.29 is 29.3 Å². The monoisotopic (exact) mass is 262 g/mol. The van der Waals surface area contributed by atoms with Gasteiger partial charge in [0.15, 0.2) is 6.04 Å². The largest absolute Gasteiger partial charge is 0.480 e. The number of urea groups is 1. The number of esters is 1. The van der Waals surface area contributed by atoms with Crippen molar-refractivity contribution in [1.29, 1.82) is 0 Å². The summed E-state index contributed by atoms with van der Waals surface area (Å²) in [6, 6.07) is -2.04. The van der Waals surface area contributed by atoms with E-state index in [1.54, 1.807) is 6.92 Å². The lowest BCUT2D eigenvalue weighted by molar-refractivity contribution is -0.143. The number of nitrogens with zero attached hydrogens (tertiary/aromatic N) is 1. The maximum absolute atomic E-state index is 11.5. The van der Waals surface area contributed by atoms with E-state index in [1.165, 1.54) is 7.05 Å². The Morgan fingerprint density at radius 3 is 2.44 bits per heavy atom. The molecular weight excluding hydrogens is 244 g/mol. The molecule has 3 N–H and O–H groups in total. The highest BCUT2D eigenvalue weighted by Crippen LogP contribution is 1.93. The molecule has 0 radical (unpaired) electrons. The van der Waals surface area contributed by atoms with Crippen molar-refractivity contribution in [3.63, 3.8) is 0 Å². The SMILES string of the molecule is CCOC(=O)CCN(C)C(=O)N[C@@H](CO)C(=O)O. The molecule has 0 spiro atoms. The summed E-state index contributed by atoms with van der Waals surface area (Å²) in [7, 11) is 1.41. The first-order valence-electron chi connectivity index (χ1n) is 5.43. The Hall–Kier alpha value is -1.83. The van der Waals surface area contributed by atoms with Gasteiger partial charge in [-0.25, -0.2) is 9.59 Å². The third-order valence-corrected chi connectivity index (χ3v) is 2.08. The summed E-state index contributed by atoms with van der Waals surface area (Å²) in [5.74, 6) is -1.77. The van der Waals surface area contributed by atoms with Crippen LogP contribution in [-0.4, -0.2) is 65.9 Å². The Morgan fingerprint density at radius 1 is 1.39 bits per heavy atom. The van der Waals surface area contributed by atoms with Gasteiger partial charge in [-0.1, -0.05) is 0 Å². The fourth-order valence-corrected chi connectivity index (χ4v) is 1.04. The molecule has 0 saturated carbocycles. The molecule has 0 aromatic heterocycles. The van der Waals surface area contributed by atoms with E-state index in [2.05, 4.69) is 10.1 Å². The lowest BCUT2D eigenvalue weighted by Crippen LogP contribution is -2.48. The Kier molecular flexibility index (Phi) is 7.45. The molecule has 0 heterocycles. The van der Waals surface area contributed by atoms with E-state index in [0.29, 0.717) is 0 Å². The fraction of sp³-hybridized carbons (Fsp3) is 0.700. The summed E-state index contributed by atoms with van der Waals surface area (Å²) in [6.07, 6.45) is 0.0224. The summed E-state index contributed by atoms with van der Waals surface area (Å²) in [5.41, 5.74) is 0. The zero-order valence-electron chi connectivity index (χ0n) is 10.4. The highest BCUT2D eigenvalue weighted by atomic mass is 16.5. The molecule has 0 saturated heterocycles. The highest BCUT2D eigenvalue weighted by molar-refractivity contribution is 5.82. The lowest BCUT2D eigenvalue weighted by atomic mass is 10.3. The Balaban J connectivity index is 4.10. The van der Waals surface area contributed by atoms with E-state index >= 15 is 0 Å². The molecule has 0 aliphatic heterocycles. The molecule has 0 bridgehead atoms. The maximum Gasteiger partial charge on any atom is 0.328 e. The van der Waals surface area contributed by atoms with Crippen LogP contribution in [0.3, 0.4) is 0 Å². The average molecular weight is 262 g/mol. The average Bonchev–Trinajstić information content (AvgIpc) is 2.32. The summed E-state index contributed by atoms with van der Waals surface area (Å²) >= 11 is 0. The molecule has 2 amide bonds. The number of carboxylic acid groups (broad SMARTS) is 1. The van der Waals surface area contributed by atoms with Gasteiger partial charge in [0, 0.05) is 13.6 Å². The lowest BCUT2D eigenvalue weighted by Gasteiger charge is -2.20. The smallest absolute Gasteiger partial charge is 0.328 e. The van der Waals surface area contributed by atoms with Crippen LogP contribution >= 0.6 is 0 Å². The third kappa shape index (κ3) is 6.04. The van der Waals surface area contributed by atoms with Gasteiger partial charge in [0.05, 0.1) is 19.6 Å². The number of hydrogen-bond acceptors (Lipinski definition) is 5. The van der Waals surface area contributed by atoms with Crippen molar-refractivity contribution >= 4 is 18.0 Å². The van der Waals surface area contributed by atoms with Crippen LogP contribution in [0, 0.1) is 0 Å². The number of aliphatic hydroxyl groups excluding tert-OH is 1. The molecule has 18 heavy (non-hydrogen) atoms. The quantitative estimate of drug-likeness (QED) is 0.508. The molecule has 0 aromatic carbocycles. The Morgan fingerprint density at radius 2 is 2.00 bits per heavy atom. The third-order valence-electron chi connectivity index (χ3n) is 2.08. The van der Waals surface area contributed by atoms with Gasteiger partial charge in [-0.15, -0.1) is 0 Å². The zero-order chi connectivity index (χ0) is 14.1. The van der Waals surface area contributed by atoms with E-state index in [9.17, 15) is 14.4 Å². The first-order valence-corrected chi connectivity index (χ1v) is 5.43. The maximum atomic E-state index is 11.5. The minimum Gasteiger partial charge on any atom is -0.480 e.